The molecule has 9 aromatic carbocycles. The molecule has 0 amide bonds. The summed E-state index contributed by atoms with van der Waals surface area (Å²) in [5.41, 5.74) is 16.3. The fourth-order valence-electron chi connectivity index (χ4n) is 12.4. The van der Waals surface area contributed by atoms with Gasteiger partial charge in [-0.2, -0.15) is 0 Å². The van der Waals surface area contributed by atoms with Crippen LogP contribution in [0.15, 0.2) is 221 Å². The van der Waals surface area contributed by atoms with E-state index in [2.05, 4.69) is 226 Å². The van der Waals surface area contributed by atoms with Gasteiger partial charge in [-0.3, -0.25) is 0 Å². The molecule has 0 N–H and O–H groups in total. The number of hydrogen-bond donors (Lipinski definition) is 0. The van der Waals surface area contributed by atoms with Gasteiger partial charge in [-0.05, 0) is 153 Å². The minimum absolute atomic E-state index is 0.0580. The quantitative estimate of drug-likeness (QED) is 0.163. The Hall–Kier alpha value is -6.05. The first-order valence-electron chi connectivity index (χ1n) is 23.7. The largest absolute Gasteiger partial charge is 0.375 e. The second kappa shape index (κ2) is 14.2. The van der Waals surface area contributed by atoms with E-state index < -0.39 is 10.0 Å². The molecule has 5 aliphatic rings. The molecule has 0 saturated heterocycles. The van der Waals surface area contributed by atoms with Crippen LogP contribution in [0.2, 0.25) is 0 Å². The predicted octanol–water partition coefficient (Wildman–Crippen LogP) is 16.5. The zero-order valence-electron chi connectivity index (χ0n) is 38.4. The van der Waals surface area contributed by atoms with E-state index in [1.807, 2.05) is 23.5 Å². The van der Waals surface area contributed by atoms with Crippen molar-refractivity contribution in [1.82, 2.24) is 0 Å². The number of fused-ring (bicyclic) bond motifs is 11. The molecule has 324 valence electrons. The van der Waals surface area contributed by atoms with E-state index in [0.717, 1.165) is 0 Å². The van der Waals surface area contributed by atoms with E-state index in [9.17, 15) is 0 Å². The van der Waals surface area contributed by atoms with Crippen LogP contribution in [0.3, 0.4) is 0 Å². The van der Waals surface area contributed by atoms with Crippen molar-refractivity contribution in [3.05, 3.63) is 199 Å². The molecule has 0 saturated carbocycles. The van der Waals surface area contributed by atoms with Crippen molar-refractivity contribution in [2.75, 3.05) is 9.71 Å². The fourth-order valence-corrected chi connectivity index (χ4v) is 18.9. The SMILES string of the molecule is Cc1cc2c(cc1N1c3cc4c(cc3B3c5c1cc1ccccc1c5-c1cccc5c1N3c1ccccc1S5(c1ccccc1)c1ccccc1)Sc1ccccc1S4)C(C)(C)CCC2(C)C. The van der Waals surface area contributed by atoms with Crippen molar-refractivity contribution < 1.29 is 0 Å². The number of benzene rings is 9. The van der Waals surface area contributed by atoms with Crippen LogP contribution in [0.1, 0.15) is 57.2 Å². The van der Waals surface area contributed by atoms with Gasteiger partial charge in [0.1, 0.15) is 0 Å². The van der Waals surface area contributed by atoms with Gasteiger partial charge in [0.25, 0.3) is 0 Å². The molecule has 6 heteroatoms. The summed E-state index contributed by atoms with van der Waals surface area (Å²) in [7, 11) is -1.96. The average molecular weight is 917 g/mol. The van der Waals surface area contributed by atoms with E-state index in [4.69, 9.17) is 0 Å². The molecule has 1 aliphatic carbocycles. The molecule has 0 atom stereocenters. The van der Waals surface area contributed by atoms with Crippen molar-refractivity contribution >= 4 is 90.5 Å². The molecule has 4 heterocycles. The van der Waals surface area contributed by atoms with Crippen molar-refractivity contribution in [2.45, 2.75) is 97.5 Å². The minimum Gasteiger partial charge on any atom is -0.375 e. The third kappa shape index (κ3) is 5.47. The van der Waals surface area contributed by atoms with Gasteiger partial charge in [0.2, 0.25) is 0 Å². The van der Waals surface area contributed by atoms with Crippen molar-refractivity contribution in [3.8, 4) is 11.1 Å². The van der Waals surface area contributed by atoms with Gasteiger partial charge in [0.15, 0.2) is 0 Å². The molecule has 0 fully saturated rings. The Bertz CT molecular complexity index is 3540. The lowest BCUT2D eigenvalue weighted by atomic mass is 9.43. The summed E-state index contributed by atoms with van der Waals surface area (Å²) in [4.78, 5) is 16.3. The molecular weight excluding hydrogens is 868 g/mol. The summed E-state index contributed by atoms with van der Waals surface area (Å²) >= 11 is 3.85. The highest BCUT2D eigenvalue weighted by Crippen LogP contribution is 2.80. The molecule has 9 aromatic rings. The third-order valence-electron chi connectivity index (χ3n) is 15.7. The summed E-state index contributed by atoms with van der Waals surface area (Å²) in [6.45, 7) is 12.1. The number of aryl methyl sites for hydroxylation is 1. The number of anilines is 5. The molecule has 0 spiro atoms. The Balaban J connectivity index is 1.14. The van der Waals surface area contributed by atoms with Crippen molar-refractivity contribution in [2.24, 2.45) is 0 Å². The van der Waals surface area contributed by atoms with Crippen LogP contribution in [-0.2, 0) is 10.8 Å². The van der Waals surface area contributed by atoms with Crippen LogP contribution in [-0.4, -0.2) is 6.85 Å². The van der Waals surface area contributed by atoms with Gasteiger partial charge in [-0.15, -0.1) is 10.0 Å². The second-order valence-corrected chi connectivity index (χ2v) is 25.5. The number of para-hydroxylation sites is 2. The maximum Gasteiger partial charge on any atom is 0.333 e. The number of rotatable bonds is 3. The minimum atomic E-state index is -1.96. The standard InChI is InChI=1S/C61H49BN2S3/c1-38-33-44-45(61(4,5)32-31-60(44,2)3)35-48(38)63-49-37-54-53(65-51-27-15-16-28-52(51)66-54)36-46(49)62-58-50(63)34-39-19-12-13-24-42(39)57(58)43-25-18-30-56-59(43)64(62)47-26-14-17-29-55(47)67(56,40-20-8-6-9-21-40)41-22-10-7-11-23-41/h6-30,33-37H,31-32H2,1-5H3. The van der Waals surface area contributed by atoms with Crippen LogP contribution in [0.4, 0.5) is 28.4 Å². The lowest BCUT2D eigenvalue weighted by Gasteiger charge is -2.55. The second-order valence-electron chi connectivity index (χ2n) is 20.3. The van der Waals surface area contributed by atoms with Gasteiger partial charge in [-0.25, -0.2) is 0 Å². The molecule has 2 nitrogen and oxygen atoms in total. The normalized spacial score (nSPS) is 17.5. The monoisotopic (exact) mass is 916 g/mol. The van der Waals surface area contributed by atoms with Crippen LogP contribution in [0.25, 0.3) is 21.9 Å². The number of nitrogens with zero attached hydrogens (tertiary/aromatic N) is 2. The maximum atomic E-state index is 2.79. The molecule has 0 radical (unpaired) electrons. The van der Waals surface area contributed by atoms with Crippen LogP contribution in [0.5, 0.6) is 0 Å². The highest BCUT2D eigenvalue weighted by atomic mass is 32.3. The lowest BCUT2D eigenvalue weighted by Crippen LogP contribution is -2.62. The summed E-state index contributed by atoms with van der Waals surface area (Å²) in [5.74, 6) is 0. The Labute approximate surface area is 404 Å². The molecule has 0 bridgehead atoms. The smallest absolute Gasteiger partial charge is 0.333 e. The van der Waals surface area contributed by atoms with Gasteiger partial charge in [-0.1, -0.05) is 154 Å². The first-order chi connectivity index (χ1) is 32.6. The Morgan fingerprint density at radius 2 is 1.10 bits per heavy atom. The van der Waals surface area contributed by atoms with E-state index in [1.54, 1.807) is 0 Å². The van der Waals surface area contributed by atoms with Crippen LogP contribution in [0, 0.1) is 6.92 Å². The molecular formula is C61H49BN2S3. The third-order valence-corrected chi connectivity index (χ3v) is 22.1. The highest BCUT2D eigenvalue weighted by Gasteiger charge is 2.53. The zero-order chi connectivity index (χ0) is 45.0. The Kier molecular flexibility index (Phi) is 8.52. The van der Waals surface area contributed by atoms with Crippen LogP contribution >= 0.6 is 33.6 Å². The Morgan fingerprint density at radius 3 is 1.82 bits per heavy atom. The van der Waals surface area contributed by atoms with Gasteiger partial charge in [0.05, 0.1) is 5.69 Å². The van der Waals surface area contributed by atoms with Gasteiger partial charge in [0, 0.05) is 67.5 Å². The predicted molar refractivity (Wildman–Crippen MR) is 286 cm³/mol. The van der Waals surface area contributed by atoms with Gasteiger partial charge >= 0.3 is 6.85 Å². The zero-order valence-corrected chi connectivity index (χ0v) is 40.9. The molecule has 4 aliphatic heterocycles. The van der Waals surface area contributed by atoms with E-state index in [0.29, 0.717) is 0 Å². The van der Waals surface area contributed by atoms with E-state index in [-0.39, 0.29) is 17.7 Å². The molecule has 67 heavy (non-hydrogen) atoms. The van der Waals surface area contributed by atoms with E-state index >= 15 is 0 Å². The number of hydrogen-bond acceptors (Lipinski definition) is 4. The fraction of sp³-hybridized carbons (Fsp3) is 0.148. The van der Waals surface area contributed by atoms with Crippen molar-refractivity contribution in [1.29, 1.82) is 0 Å². The first-order valence-corrected chi connectivity index (χ1v) is 27.0. The topological polar surface area (TPSA) is 6.48 Å². The van der Waals surface area contributed by atoms with Crippen LogP contribution < -0.4 is 20.6 Å². The summed E-state index contributed by atoms with van der Waals surface area (Å²) in [6, 6.07) is 70.5. The van der Waals surface area contributed by atoms with Gasteiger partial charge < -0.3 is 9.71 Å². The molecule has 0 aromatic heterocycles. The Morgan fingerprint density at radius 1 is 0.507 bits per heavy atom. The van der Waals surface area contributed by atoms with E-state index in [1.165, 1.54) is 130 Å². The average Bonchev–Trinajstić information content (AvgIpc) is 3.35. The summed E-state index contributed by atoms with van der Waals surface area (Å²) < 4.78 is 0. The van der Waals surface area contributed by atoms with Crippen molar-refractivity contribution in [3.63, 3.8) is 0 Å². The first kappa shape index (κ1) is 40.1. The summed E-state index contributed by atoms with van der Waals surface area (Å²) in [5, 5.41) is 2.58. The molecule has 0 unspecified atom stereocenters. The maximum absolute atomic E-state index is 2.79. The molecule has 14 rings (SSSR count). The summed E-state index contributed by atoms with van der Waals surface area (Å²) in [6.07, 6.45) is 2.36. The lowest BCUT2D eigenvalue weighted by molar-refractivity contribution is 0.332. The highest BCUT2D eigenvalue weighted by molar-refractivity contribution is 8.34.